The third-order valence-electron chi connectivity index (χ3n) is 4.06. The second kappa shape index (κ2) is 4.31. The molecule has 2 aromatic carbocycles. The van der Waals surface area contributed by atoms with Gasteiger partial charge in [0.25, 0.3) is 0 Å². The number of fused-ring (bicyclic) bond motifs is 3. The van der Waals surface area contributed by atoms with E-state index in [9.17, 15) is 9.59 Å². The molecule has 2 aromatic heterocycles. The van der Waals surface area contributed by atoms with E-state index in [0.717, 1.165) is 22.2 Å². The fraction of sp³-hybridized carbons (Fsp3) is 0.111. The Hall–Kier alpha value is -2.88. The Morgan fingerprint density at radius 1 is 0.727 bits per heavy atom. The van der Waals surface area contributed by atoms with Crippen LogP contribution in [0.3, 0.4) is 0 Å². The Bertz CT molecular complexity index is 1090. The van der Waals surface area contributed by atoms with Crippen molar-refractivity contribution < 1.29 is 0 Å². The highest BCUT2D eigenvalue weighted by Gasteiger charge is 2.12. The zero-order valence-corrected chi connectivity index (χ0v) is 12.3. The summed E-state index contributed by atoms with van der Waals surface area (Å²) in [4.78, 5) is 31.8. The maximum absolute atomic E-state index is 12.7. The smallest absolute Gasteiger partial charge is 0.202 e. The van der Waals surface area contributed by atoms with Gasteiger partial charge >= 0.3 is 0 Å². The highest BCUT2D eigenvalue weighted by atomic mass is 16.1. The molecule has 0 saturated carbocycles. The SMILES string of the molecule is Cc1ccc2[nH]c3[nH]c4ccc(C)cc4c(=O)c3c(=O)c2c1. The van der Waals surface area contributed by atoms with Crippen molar-refractivity contribution in [2.75, 3.05) is 0 Å². The largest absolute Gasteiger partial charge is 0.340 e. The van der Waals surface area contributed by atoms with E-state index in [1.165, 1.54) is 0 Å². The molecule has 0 bridgehead atoms. The van der Waals surface area contributed by atoms with Crippen LogP contribution in [-0.4, -0.2) is 9.97 Å². The summed E-state index contributed by atoms with van der Waals surface area (Å²) in [5, 5.41) is 1.28. The number of hydrogen-bond donors (Lipinski definition) is 2. The third-order valence-corrected chi connectivity index (χ3v) is 4.06. The van der Waals surface area contributed by atoms with E-state index in [1.807, 2.05) is 50.2 Å². The van der Waals surface area contributed by atoms with Crippen molar-refractivity contribution in [2.24, 2.45) is 0 Å². The Labute approximate surface area is 125 Å². The molecule has 0 aliphatic carbocycles. The summed E-state index contributed by atoms with van der Waals surface area (Å²) in [6.45, 7) is 3.86. The monoisotopic (exact) mass is 290 g/mol. The van der Waals surface area contributed by atoms with Crippen LogP contribution in [0.4, 0.5) is 0 Å². The molecule has 22 heavy (non-hydrogen) atoms. The molecule has 2 N–H and O–H groups in total. The van der Waals surface area contributed by atoms with Gasteiger partial charge < -0.3 is 9.97 Å². The lowest BCUT2D eigenvalue weighted by Crippen LogP contribution is -2.16. The van der Waals surface area contributed by atoms with Gasteiger partial charge in [-0.15, -0.1) is 0 Å². The van der Waals surface area contributed by atoms with Gasteiger partial charge in [0.1, 0.15) is 11.0 Å². The van der Waals surface area contributed by atoms with Crippen molar-refractivity contribution in [3.8, 4) is 0 Å². The Morgan fingerprint density at radius 3 is 1.64 bits per heavy atom. The molecule has 0 aliphatic heterocycles. The molecule has 4 heteroatoms. The van der Waals surface area contributed by atoms with E-state index in [0.29, 0.717) is 16.4 Å². The number of benzene rings is 2. The van der Waals surface area contributed by atoms with Crippen LogP contribution in [0.1, 0.15) is 11.1 Å². The van der Waals surface area contributed by atoms with Gasteiger partial charge in [-0.05, 0) is 38.1 Å². The van der Waals surface area contributed by atoms with E-state index in [4.69, 9.17) is 0 Å². The van der Waals surface area contributed by atoms with Crippen LogP contribution in [0.2, 0.25) is 0 Å². The highest BCUT2D eigenvalue weighted by Crippen LogP contribution is 2.17. The number of hydrogen-bond acceptors (Lipinski definition) is 2. The Morgan fingerprint density at radius 2 is 1.18 bits per heavy atom. The molecule has 108 valence electrons. The molecule has 0 amide bonds. The maximum Gasteiger partial charge on any atom is 0.202 e. The molecule has 4 rings (SSSR count). The summed E-state index contributed by atoms with van der Waals surface area (Å²) in [5.41, 5.74) is 3.46. The quantitative estimate of drug-likeness (QED) is 0.489. The minimum atomic E-state index is -0.225. The Balaban J connectivity index is 2.32. The number of rotatable bonds is 0. The van der Waals surface area contributed by atoms with Crippen LogP contribution >= 0.6 is 0 Å². The van der Waals surface area contributed by atoms with Gasteiger partial charge in [-0.25, -0.2) is 0 Å². The summed E-state index contributed by atoms with van der Waals surface area (Å²) in [7, 11) is 0. The molecule has 2 heterocycles. The van der Waals surface area contributed by atoms with Crippen LogP contribution < -0.4 is 10.9 Å². The molecule has 0 fully saturated rings. The average molecular weight is 290 g/mol. The van der Waals surface area contributed by atoms with Crippen molar-refractivity contribution in [2.45, 2.75) is 13.8 Å². The second-order valence-corrected chi connectivity index (χ2v) is 5.76. The van der Waals surface area contributed by atoms with Gasteiger partial charge in [-0.1, -0.05) is 23.3 Å². The first kappa shape index (κ1) is 12.8. The zero-order valence-electron chi connectivity index (χ0n) is 12.3. The zero-order chi connectivity index (χ0) is 15.4. The molecular formula is C18H14N2O2. The normalized spacial score (nSPS) is 11.5. The number of aryl methyl sites for hydroxylation is 2. The summed E-state index contributed by atoms with van der Waals surface area (Å²) >= 11 is 0. The molecule has 0 spiro atoms. The first-order valence-corrected chi connectivity index (χ1v) is 7.13. The van der Waals surface area contributed by atoms with Crippen LogP contribution in [0.15, 0.2) is 46.0 Å². The predicted octanol–water partition coefficient (Wildman–Crippen LogP) is 3.14. The van der Waals surface area contributed by atoms with E-state index in [1.54, 1.807) is 0 Å². The number of aromatic amines is 2. The first-order valence-electron chi connectivity index (χ1n) is 7.13. The fourth-order valence-corrected chi connectivity index (χ4v) is 2.94. The molecule has 0 atom stereocenters. The van der Waals surface area contributed by atoms with Crippen molar-refractivity contribution in [3.05, 3.63) is 68.0 Å². The maximum atomic E-state index is 12.7. The van der Waals surface area contributed by atoms with Crippen LogP contribution in [0.5, 0.6) is 0 Å². The lowest BCUT2D eigenvalue weighted by Gasteiger charge is -2.06. The lowest BCUT2D eigenvalue weighted by molar-refractivity contribution is 1.34. The first-order chi connectivity index (χ1) is 10.5. The highest BCUT2D eigenvalue weighted by molar-refractivity contribution is 5.96. The second-order valence-electron chi connectivity index (χ2n) is 5.76. The van der Waals surface area contributed by atoms with Crippen LogP contribution in [-0.2, 0) is 0 Å². The summed E-state index contributed by atoms with van der Waals surface area (Å²) in [5.74, 6) is 0. The summed E-state index contributed by atoms with van der Waals surface area (Å²) in [6, 6.07) is 11.2. The van der Waals surface area contributed by atoms with Crippen LogP contribution in [0, 0.1) is 13.8 Å². The van der Waals surface area contributed by atoms with Gasteiger partial charge in [0.15, 0.2) is 0 Å². The van der Waals surface area contributed by atoms with E-state index in [2.05, 4.69) is 9.97 Å². The van der Waals surface area contributed by atoms with Crippen LogP contribution in [0.25, 0.3) is 32.8 Å². The van der Waals surface area contributed by atoms with E-state index >= 15 is 0 Å². The van der Waals surface area contributed by atoms with Crippen molar-refractivity contribution in [1.82, 2.24) is 9.97 Å². The Kier molecular flexibility index (Phi) is 2.51. The molecule has 0 unspecified atom stereocenters. The number of H-pyrrole nitrogens is 2. The average Bonchev–Trinajstić information content (AvgIpc) is 2.49. The molecule has 0 saturated heterocycles. The minimum absolute atomic E-state index is 0.191. The molecule has 0 aliphatic rings. The van der Waals surface area contributed by atoms with Gasteiger partial charge in [0.2, 0.25) is 10.9 Å². The van der Waals surface area contributed by atoms with Gasteiger partial charge in [0.05, 0.1) is 11.0 Å². The molecule has 4 nitrogen and oxygen atoms in total. The topological polar surface area (TPSA) is 65.7 Å². The van der Waals surface area contributed by atoms with Gasteiger partial charge in [0, 0.05) is 10.8 Å². The minimum Gasteiger partial charge on any atom is -0.340 e. The van der Waals surface area contributed by atoms with E-state index in [-0.39, 0.29) is 16.2 Å². The number of aromatic nitrogens is 2. The number of pyridine rings is 2. The summed E-state index contributed by atoms with van der Waals surface area (Å²) in [6.07, 6.45) is 0. The van der Waals surface area contributed by atoms with Crippen molar-refractivity contribution in [1.29, 1.82) is 0 Å². The van der Waals surface area contributed by atoms with Gasteiger partial charge in [-0.2, -0.15) is 0 Å². The standard InChI is InChI=1S/C18H14N2O2/c1-9-3-5-13-11(7-9)16(21)15-17(22)12-8-10(2)4-6-14(12)20-18(15)19-13/h3-8H,1-2H3,(H2,19,20,21,22). The van der Waals surface area contributed by atoms with Gasteiger partial charge in [-0.3, -0.25) is 9.59 Å². The van der Waals surface area contributed by atoms with Crippen molar-refractivity contribution in [3.63, 3.8) is 0 Å². The molecule has 0 radical (unpaired) electrons. The number of nitrogens with one attached hydrogen (secondary N) is 2. The van der Waals surface area contributed by atoms with Crippen molar-refractivity contribution >= 4 is 32.8 Å². The van der Waals surface area contributed by atoms with E-state index < -0.39 is 0 Å². The molecule has 4 aromatic rings. The predicted molar refractivity (Wildman–Crippen MR) is 89.7 cm³/mol. The molecular weight excluding hydrogens is 276 g/mol. The lowest BCUT2D eigenvalue weighted by atomic mass is 10.1. The summed E-state index contributed by atoms with van der Waals surface area (Å²) < 4.78 is 0. The third kappa shape index (κ3) is 1.70. The fourth-order valence-electron chi connectivity index (χ4n) is 2.94.